The molecule has 0 bridgehead atoms. The number of imidazole rings is 1. The van der Waals surface area contributed by atoms with Crippen LogP contribution in [0, 0.1) is 6.92 Å². The molecule has 0 aliphatic rings. The summed E-state index contributed by atoms with van der Waals surface area (Å²) >= 11 is 0. The summed E-state index contributed by atoms with van der Waals surface area (Å²) in [6.45, 7) is 2.43. The van der Waals surface area contributed by atoms with Crippen molar-refractivity contribution in [3.05, 3.63) is 65.9 Å². The van der Waals surface area contributed by atoms with Gasteiger partial charge < -0.3 is 9.72 Å². The van der Waals surface area contributed by atoms with Crippen molar-refractivity contribution in [2.45, 2.75) is 13.5 Å². The van der Waals surface area contributed by atoms with Crippen molar-refractivity contribution < 1.29 is 4.79 Å². The van der Waals surface area contributed by atoms with Crippen molar-refractivity contribution in [3.63, 3.8) is 0 Å². The van der Waals surface area contributed by atoms with Gasteiger partial charge in [0.1, 0.15) is 5.65 Å². The number of carbonyl (C=O) groups is 1. The molecule has 3 rings (SSSR count). The smallest absolute Gasteiger partial charge is 0.253 e. The summed E-state index contributed by atoms with van der Waals surface area (Å²) in [6, 6.07) is 7.44. The lowest BCUT2D eigenvalue weighted by Gasteiger charge is -2.01. The fraction of sp³-hybridized carbons (Fsp3) is 0.133. The molecule has 3 aromatic rings. The van der Waals surface area contributed by atoms with Gasteiger partial charge >= 0.3 is 0 Å². The van der Waals surface area contributed by atoms with Crippen molar-refractivity contribution in [2.75, 3.05) is 0 Å². The first kappa shape index (κ1) is 12.3. The van der Waals surface area contributed by atoms with Crippen molar-refractivity contribution in [1.82, 2.24) is 19.7 Å². The second-order valence-electron chi connectivity index (χ2n) is 4.63. The number of nitrogens with one attached hydrogen (secondary N) is 1. The minimum Gasteiger partial charge on any atom is -0.346 e. The Kier molecular flexibility index (Phi) is 3.16. The Labute approximate surface area is 116 Å². The molecule has 0 aliphatic carbocycles. The number of fused-ring (bicyclic) bond motifs is 1. The molecule has 0 fully saturated rings. The van der Waals surface area contributed by atoms with Crippen molar-refractivity contribution >= 4 is 11.6 Å². The average Bonchev–Trinajstić information content (AvgIpc) is 2.87. The van der Waals surface area contributed by atoms with Crippen LogP contribution < -0.4 is 5.32 Å². The second kappa shape index (κ2) is 5.13. The van der Waals surface area contributed by atoms with Crippen LogP contribution in [0.2, 0.25) is 0 Å². The quantitative estimate of drug-likeness (QED) is 0.788. The molecule has 3 heterocycles. The summed E-state index contributed by atoms with van der Waals surface area (Å²) in [6.07, 6.45) is 7.12. The third-order valence-corrected chi connectivity index (χ3v) is 3.00. The summed E-state index contributed by atoms with van der Waals surface area (Å²) in [7, 11) is 0. The molecule has 0 atom stereocenters. The van der Waals surface area contributed by atoms with Crippen LogP contribution in [0.25, 0.3) is 5.65 Å². The predicted octanol–water partition coefficient (Wildman–Crippen LogP) is 1.97. The van der Waals surface area contributed by atoms with Gasteiger partial charge in [0.25, 0.3) is 5.91 Å². The Hall–Kier alpha value is -2.69. The number of pyridine rings is 2. The minimum absolute atomic E-state index is 0.147. The van der Waals surface area contributed by atoms with E-state index in [9.17, 15) is 4.79 Å². The largest absolute Gasteiger partial charge is 0.346 e. The Morgan fingerprint density at radius 1 is 1.30 bits per heavy atom. The number of aromatic nitrogens is 3. The predicted molar refractivity (Wildman–Crippen MR) is 75.3 cm³/mol. The maximum absolute atomic E-state index is 11.9. The van der Waals surface area contributed by atoms with Crippen LogP contribution in [0.3, 0.4) is 0 Å². The highest BCUT2D eigenvalue weighted by Gasteiger charge is 2.06. The first-order valence-electron chi connectivity index (χ1n) is 6.35. The highest BCUT2D eigenvalue weighted by molar-refractivity contribution is 5.93. The third kappa shape index (κ3) is 2.51. The number of hydrogen-bond donors (Lipinski definition) is 1. The Morgan fingerprint density at radius 2 is 2.20 bits per heavy atom. The summed E-state index contributed by atoms with van der Waals surface area (Å²) in [5.41, 5.74) is 3.42. The molecule has 5 heteroatoms. The fourth-order valence-electron chi connectivity index (χ4n) is 2.01. The lowest BCUT2D eigenvalue weighted by Crippen LogP contribution is -2.22. The maximum Gasteiger partial charge on any atom is 0.253 e. The highest BCUT2D eigenvalue weighted by atomic mass is 16.1. The van der Waals surface area contributed by atoms with Gasteiger partial charge in [0.15, 0.2) is 0 Å². The molecule has 0 aromatic carbocycles. The summed E-state index contributed by atoms with van der Waals surface area (Å²) in [4.78, 5) is 20.3. The van der Waals surface area contributed by atoms with Gasteiger partial charge in [-0.05, 0) is 30.7 Å². The van der Waals surface area contributed by atoms with E-state index in [0.717, 1.165) is 11.3 Å². The zero-order chi connectivity index (χ0) is 13.9. The van der Waals surface area contributed by atoms with E-state index in [1.54, 1.807) is 24.5 Å². The number of carbonyl (C=O) groups excluding carboxylic acids is 1. The molecule has 5 nitrogen and oxygen atoms in total. The van der Waals surface area contributed by atoms with Crippen molar-refractivity contribution in [2.24, 2.45) is 0 Å². The molecule has 0 unspecified atom stereocenters. The molecule has 20 heavy (non-hydrogen) atoms. The van der Waals surface area contributed by atoms with Crippen LogP contribution in [-0.4, -0.2) is 20.3 Å². The Balaban J connectivity index is 1.72. The number of amides is 1. The standard InChI is InChI=1S/C15H14N4O/c1-11-4-5-14-18-13(10-19(14)9-11)8-17-15(20)12-3-2-6-16-7-12/h2-7,9-10H,8H2,1H3,(H,17,20). The zero-order valence-electron chi connectivity index (χ0n) is 11.1. The number of hydrogen-bond acceptors (Lipinski definition) is 3. The third-order valence-electron chi connectivity index (χ3n) is 3.00. The molecule has 1 amide bonds. The van der Waals surface area contributed by atoms with Crippen LogP contribution in [0.4, 0.5) is 0 Å². The molecule has 0 saturated carbocycles. The SMILES string of the molecule is Cc1ccc2nc(CNC(=O)c3cccnc3)cn2c1. The van der Waals surface area contributed by atoms with Crippen LogP contribution in [-0.2, 0) is 6.54 Å². The van der Waals surface area contributed by atoms with Gasteiger partial charge in [-0.2, -0.15) is 0 Å². The summed E-state index contributed by atoms with van der Waals surface area (Å²) in [5.74, 6) is -0.147. The summed E-state index contributed by atoms with van der Waals surface area (Å²) in [5, 5.41) is 2.84. The van der Waals surface area contributed by atoms with Gasteiger partial charge in [0.05, 0.1) is 17.8 Å². The van der Waals surface area contributed by atoms with Gasteiger partial charge in [-0.3, -0.25) is 9.78 Å². The molecular weight excluding hydrogens is 252 g/mol. The first-order valence-corrected chi connectivity index (χ1v) is 6.35. The molecule has 1 N–H and O–H groups in total. The molecule has 3 aromatic heterocycles. The first-order chi connectivity index (χ1) is 9.72. The van der Waals surface area contributed by atoms with Gasteiger partial charge in [-0.25, -0.2) is 4.98 Å². The molecule has 0 aliphatic heterocycles. The van der Waals surface area contributed by atoms with Gasteiger partial charge in [0, 0.05) is 24.8 Å². The van der Waals surface area contributed by atoms with Gasteiger partial charge in [-0.1, -0.05) is 6.07 Å². The molecule has 0 spiro atoms. The van der Waals surface area contributed by atoms with E-state index >= 15 is 0 Å². The number of nitrogens with zero attached hydrogens (tertiary/aromatic N) is 3. The maximum atomic E-state index is 11.9. The van der Waals surface area contributed by atoms with Crippen LogP contribution in [0.15, 0.2) is 49.1 Å². The van der Waals surface area contributed by atoms with E-state index in [-0.39, 0.29) is 5.91 Å². The summed E-state index contributed by atoms with van der Waals surface area (Å²) < 4.78 is 1.96. The van der Waals surface area contributed by atoms with E-state index in [4.69, 9.17) is 0 Å². The Bertz CT molecular complexity index is 749. The topological polar surface area (TPSA) is 59.3 Å². The zero-order valence-corrected chi connectivity index (χ0v) is 11.1. The van der Waals surface area contributed by atoms with E-state index in [1.165, 1.54) is 5.56 Å². The monoisotopic (exact) mass is 266 g/mol. The van der Waals surface area contributed by atoms with E-state index in [1.807, 2.05) is 35.9 Å². The molecule has 0 radical (unpaired) electrons. The van der Waals surface area contributed by atoms with Crippen molar-refractivity contribution in [1.29, 1.82) is 0 Å². The minimum atomic E-state index is -0.147. The highest BCUT2D eigenvalue weighted by Crippen LogP contribution is 2.07. The molecule has 0 saturated heterocycles. The number of rotatable bonds is 3. The van der Waals surface area contributed by atoms with Gasteiger partial charge in [0.2, 0.25) is 0 Å². The lowest BCUT2D eigenvalue weighted by atomic mass is 10.2. The molecular formula is C15H14N4O. The van der Waals surface area contributed by atoms with E-state index in [2.05, 4.69) is 15.3 Å². The van der Waals surface area contributed by atoms with Crippen LogP contribution >= 0.6 is 0 Å². The lowest BCUT2D eigenvalue weighted by molar-refractivity contribution is 0.0950. The van der Waals surface area contributed by atoms with Crippen molar-refractivity contribution in [3.8, 4) is 0 Å². The fourth-order valence-corrected chi connectivity index (χ4v) is 2.01. The van der Waals surface area contributed by atoms with Crippen LogP contribution in [0.5, 0.6) is 0 Å². The normalized spacial score (nSPS) is 10.7. The van der Waals surface area contributed by atoms with E-state index < -0.39 is 0 Å². The molecule has 100 valence electrons. The van der Waals surface area contributed by atoms with E-state index in [0.29, 0.717) is 12.1 Å². The average molecular weight is 266 g/mol. The van der Waals surface area contributed by atoms with Gasteiger partial charge in [-0.15, -0.1) is 0 Å². The van der Waals surface area contributed by atoms with Crippen LogP contribution in [0.1, 0.15) is 21.6 Å². The second-order valence-corrected chi connectivity index (χ2v) is 4.63. The Morgan fingerprint density at radius 3 is 3.00 bits per heavy atom. The number of aryl methyl sites for hydroxylation is 1.